The number of fused-ring (bicyclic) bond motifs is 1. The second kappa shape index (κ2) is 11.2. The van der Waals surface area contributed by atoms with Gasteiger partial charge in [0.25, 0.3) is 5.91 Å². The summed E-state index contributed by atoms with van der Waals surface area (Å²) in [4.78, 5) is 46.5. The van der Waals surface area contributed by atoms with Gasteiger partial charge in [0.2, 0.25) is 11.8 Å². The zero-order chi connectivity index (χ0) is 27.4. The lowest BCUT2D eigenvalue weighted by Gasteiger charge is -2.24. The van der Waals surface area contributed by atoms with Crippen molar-refractivity contribution in [3.8, 4) is 17.3 Å². The summed E-state index contributed by atoms with van der Waals surface area (Å²) in [5.41, 5.74) is 3.72. The fraction of sp³-hybridized carbons (Fsp3) is 0.194. The number of amides is 3. The molecule has 4 aromatic rings. The largest absolute Gasteiger partial charge is 0.332 e. The van der Waals surface area contributed by atoms with Crippen molar-refractivity contribution < 1.29 is 14.4 Å². The summed E-state index contributed by atoms with van der Waals surface area (Å²) in [5.74, 6) is -1.43. The highest BCUT2D eigenvalue weighted by Gasteiger charge is 2.39. The van der Waals surface area contributed by atoms with E-state index in [1.165, 1.54) is 9.80 Å². The van der Waals surface area contributed by atoms with Crippen LogP contribution in [0.2, 0.25) is 0 Å². The Morgan fingerprint density at radius 1 is 1.00 bits per heavy atom. The van der Waals surface area contributed by atoms with Gasteiger partial charge in [0.1, 0.15) is 6.04 Å². The lowest BCUT2D eigenvalue weighted by molar-refractivity contribution is -0.131. The number of anilines is 1. The van der Waals surface area contributed by atoms with Crippen LogP contribution in [0, 0.1) is 17.2 Å². The highest BCUT2D eigenvalue weighted by molar-refractivity contribution is 6.00. The van der Waals surface area contributed by atoms with E-state index in [-0.39, 0.29) is 37.2 Å². The van der Waals surface area contributed by atoms with Crippen LogP contribution in [0.5, 0.6) is 0 Å². The minimum absolute atomic E-state index is 0.128. The normalized spacial score (nSPS) is 16.5. The van der Waals surface area contributed by atoms with Crippen LogP contribution in [0.4, 0.5) is 5.69 Å². The molecule has 2 unspecified atom stereocenters. The average molecular weight is 518 g/mol. The van der Waals surface area contributed by atoms with E-state index in [1.807, 2.05) is 60.7 Å². The van der Waals surface area contributed by atoms with Gasteiger partial charge < -0.3 is 15.1 Å². The number of nitrogens with zero attached hydrogens (tertiary/aromatic N) is 4. The van der Waals surface area contributed by atoms with Crippen LogP contribution in [-0.2, 0) is 9.59 Å². The van der Waals surface area contributed by atoms with Gasteiger partial charge in [0.05, 0.1) is 29.7 Å². The third-order valence-corrected chi connectivity index (χ3v) is 6.91. The van der Waals surface area contributed by atoms with Crippen molar-refractivity contribution in [2.75, 3.05) is 25.5 Å². The molecule has 1 aliphatic rings. The van der Waals surface area contributed by atoms with Gasteiger partial charge in [-0.1, -0.05) is 54.6 Å². The summed E-state index contributed by atoms with van der Waals surface area (Å²) in [5, 5.41) is 13.3. The number of likely N-dealkylation sites (N-methyl/N-ethyl adjacent to an activating group) is 1. The molecule has 0 radical (unpaired) electrons. The van der Waals surface area contributed by atoms with E-state index in [0.717, 1.165) is 22.2 Å². The van der Waals surface area contributed by atoms with Crippen molar-refractivity contribution in [2.45, 2.75) is 12.5 Å². The predicted molar refractivity (Wildman–Crippen MR) is 148 cm³/mol. The molecule has 39 heavy (non-hydrogen) atoms. The van der Waals surface area contributed by atoms with Crippen molar-refractivity contribution >= 4 is 34.3 Å². The summed E-state index contributed by atoms with van der Waals surface area (Å²) < 4.78 is 0. The van der Waals surface area contributed by atoms with Crippen molar-refractivity contribution in [3.63, 3.8) is 0 Å². The molecule has 1 aromatic heterocycles. The Kier molecular flexibility index (Phi) is 7.32. The van der Waals surface area contributed by atoms with E-state index >= 15 is 0 Å². The molecular formula is C31H27N5O3. The topological polar surface area (TPSA) is 106 Å². The Balaban J connectivity index is 1.24. The standard InChI is InChI=1S/C31H27N5O3/c1-35(20-29(37)36-19-24(17-26(36)18-32)30(38)33-25-10-6-3-7-11-25)31(39)23-13-15-28-22(16-23)12-14-27(34-28)21-8-4-2-5-9-21/h2-16,24,26H,17,19-20H2,1H3,(H,33,38). The smallest absolute Gasteiger partial charge is 0.254 e. The fourth-order valence-corrected chi connectivity index (χ4v) is 4.80. The lowest BCUT2D eigenvalue weighted by atomic mass is 10.1. The molecule has 0 saturated carbocycles. The molecule has 0 aliphatic carbocycles. The molecule has 8 heteroatoms. The van der Waals surface area contributed by atoms with Crippen LogP contribution in [0.15, 0.2) is 91.0 Å². The summed E-state index contributed by atoms with van der Waals surface area (Å²) >= 11 is 0. The number of pyridine rings is 1. The molecule has 2 heterocycles. The van der Waals surface area contributed by atoms with Crippen molar-refractivity contribution in [1.29, 1.82) is 5.26 Å². The maximum Gasteiger partial charge on any atom is 0.254 e. The van der Waals surface area contributed by atoms with Gasteiger partial charge in [-0.25, -0.2) is 4.98 Å². The summed E-state index contributed by atoms with van der Waals surface area (Å²) in [6.07, 6.45) is 0.251. The molecule has 1 aliphatic heterocycles. The third-order valence-electron chi connectivity index (χ3n) is 6.91. The second-order valence-corrected chi connectivity index (χ2v) is 9.61. The second-order valence-electron chi connectivity index (χ2n) is 9.61. The van der Waals surface area contributed by atoms with Crippen LogP contribution in [0.3, 0.4) is 0 Å². The van der Waals surface area contributed by atoms with Crippen molar-refractivity contribution in [2.24, 2.45) is 5.92 Å². The van der Waals surface area contributed by atoms with Crippen LogP contribution < -0.4 is 5.32 Å². The van der Waals surface area contributed by atoms with E-state index in [9.17, 15) is 19.6 Å². The Bertz CT molecular complexity index is 1570. The number of para-hydroxylation sites is 1. The number of carbonyl (C=O) groups is 3. The molecule has 3 aromatic carbocycles. The Labute approximate surface area is 226 Å². The van der Waals surface area contributed by atoms with Crippen molar-refractivity contribution in [1.82, 2.24) is 14.8 Å². The predicted octanol–water partition coefficient (Wildman–Crippen LogP) is 4.35. The lowest BCUT2D eigenvalue weighted by Crippen LogP contribution is -2.43. The minimum atomic E-state index is -0.724. The van der Waals surface area contributed by atoms with Gasteiger partial charge in [-0.05, 0) is 42.8 Å². The Hall–Kier alpha value is -5.03. The first-order chi connectivity index (χ1) is 18.9. The molecule has 2 atom stereocenters. The molecule has 1 N–H and O–H groups in total. The quantitative estimate of drug-likeness (QED) is 0.409. The van der Waals surface area contributed by atoms with Crippen LogP contribution >= 0.6 is 0 Å². The van der Waals surface area contributed by atoms with Gasteiger partial charge in [-0.15, -0.1) is 0 Å². The first kappa shape index (κ1) is 25.6. The SMILES string of the molecule is CN(CC(=O)N1CC(C(=O)Nc2ccccc2)CC1C#N)C(=O)c1ccc2nc(-c3ccccc3)ccc2c1. The Morgan fingerprint density at radius 2 is 1.72 bits per heavy atom. The molecule has 194 valence electrons. The van der Waals surface area contributed by atoms with Gasteiger partial charge in [0.15, 0.2) is 0 Å². The number of nitrogens with one attached hydrogen (secondary N) is 1. The number of likely N-dealkylation sites (tertiary alicyclic amines) is 1. The molecule has 8 nitrogen and oxygen atoms in total. The van der Waals surface area contributed by atoms with Gasteiger partial charge >= 0.3 is 0 Å². The monoisotopic (exact) mass is 517 g/mol. The summed E-state index contributed by atoms with van der Waals surface area (Å²) in [6, 6.07) is 29.4. The maximum absolute atomic E-state index is 13.2. The zero-order valence-corrected chi connectivity index (χ0v) is 21.4. The van der Waals surface area contributed by atoms with Crippen LogP contribution in [-0.4, -0.2) is 58.7 Å². The van der Waals surface area contributed by atoms with Gasteiger partial charge in [-0.3, -0.25) is 14.4 Å². The molecular weight excluding hydrogens is 490 g/mol. The zero-order valence-electron chi connectivity index (χ0n) is 21.4. The number of hydrogen-bond donors (Lipinski definition) is 1. The fourth-order valence-electron chi connectivity index (χ4n) is 4.80. The maximum atomic E-state index is 13.2. The molecule has 0 spiro atoms. The number of carbonyl (C=O) groups excluding carboxylic acids is 3. The minimum Gasteiger partial charge on any atom is -0.332 e. The average Bonchev–Trinajstić information content (AvgIpc) is 3.42. The van der Waals surface area contributed by atoms with E-state index < -0.39 is 12.0 Å². The third kappa shape index (κ3) is 5.63. The Morgan fingerprint density at radius 3 is 2.44 bits per heavy atom. The molecule has 3 amide bonds. The number of nitriles is 1. The summed E-state index contributed by atoms with van der Waals surface area (Å²) in [7, 11) is 1.55. The number of aromatic nitrogens is 1. The molecule has 1 fully saturated rings. The van der Waals surface area contributed by atoms with Gasteiger partial charge in [0, 0.05) is 35.8 Å². The highest BCUT2D eigenvalue weighted by Crippen LogP contribution is 2.25. The van der Waals surface area contributed by atoms with E-state index in [4.69, 9.17) is 4.98 Å². The molecule has 5 rings (SSSR count). The number of hydrogen-bond acceptors (Lipinski definition) is 5. The molecule has 1 saturated heterocycles. The van der Waals surface area contributed by atoms with E-state index in [0.29, 0.717) is 11.3 Å². The molecule has 0 bridgehead atoms. The van der Waals surface area contributed by atoms with Crippen LogP contribution in [0.25, 0.3) is 22.2 Å². The van der Waals surface area contributed by atoms with E-state index in [1.54, 1.807) is 37.4 Å². The van der Waals surface area contributed by atoms with Gasteiger partial charge in [-0.2, -0.15) is 5.26 Å². The highest BCUT2D eigenvalue weighted by atomic mass is 16.2. The first-order valence-electron chi connectivity index (χ1n) is 12.7. The number of rotatable bonds is 6. The van der Waals surface area contributed by atoms with Crippen molar-refractivity contribution in [3.05, 3.63) is 96.6 Å². The first-order valence-corrected chi connectivity index (χ1v) is 12.7. The van der Waals surface area contributed by atoms with Crippen LogP contribution in [0.1, 0.15) is 16.8 Å². The number of benzene rings is 3. The van der Waals surface area contributed by atoms with E-state index in [2.05, 4.69) is 11.4 Å². The summed E-state index contributed by atoms with van der Waals surface area (Å²) in [6.45, 7) is -0.0730.